The summed E-state index contributed by atoms with van der Waals surface area (Å²) in [6.45, 7) is 2.12. The van der Waals surface area contributed by atoms with Crippen molar-refractivity contribution in [2.24, 2.45) is 5.92 Å². The molecule has 0 saturated heterocycles. The first kappa shape index (κ1) is 17.7. The number of para-hydroxylation sites is 1. The van der Waals surface area contributed by atoms with Crippen molar-refractivity contribution in [1.29, 1.82) is 0 Å². The van der Waals surface area contributed by atoms with E-state index in [1.807, 2.05) is 65.6 Å². The van der Waals surface area contributed by atoms with Crippen LogP contribution in [-0.4, -0.2) is 22.1 Å². The predicted molar refractivity (Wildman–Crippen MR) is 116 cm³/mol. The van der Waals surface area contributed by atoms with E-state index < -0.39 is 0 Å². The standard InChI is InChI=1S/C25H23N3O/c1-17-15-19-11-5-8-14-24(19)28(17)25(29)21-13-7-6-12-20(21)23-16-22(26-27-23)18-9-3-2-4-10-18/h2-14,16-17,20-21H,15H2,1H3,(H,26,27)/t17-,20?,21?/m1/s1. The van der Waals surface area contributed by atoms with Crippen LogP contribution >= 0.6 is 0 Å². The number of H-pyrrole nitrogens is 1. The van der Waals surface area contributed by atoms with Crippen molar-refractivity contribution in [3.8, 4) is 11.3 Å². The molecule has 144 valence electrons. The van der Waals surface area contributed by atoms with Crippen molar-refractivity contribution in [1.82, 2.24) is 10.2 Å². The lowest BCUT2D eigenvalue weighted by atomic mass is 9.84. The summed E-state index contributed by atoms with van der Waals surface area (Å²) in [5.41, 5.74) is 5.21. The Kier molecular flexibility index (Phi) is 4.39. The highest BCUT2D eigenvalue weighted by atomic mass is 16.2. The third-order valence-electron chi connectivity index (χ3n) is 5.89. The maximum absolute atomic E-state index is 13.6. The highest BCUT2D eigenvalue weighted by molar-refractivity contribution is 5.99. The lowest BCUT2D eigenvalue weighted by Gasteiger charge is -2.30. The molecule has 1 aliphatic heterocycles. The molecular weight excluding hydrogens is 358 g/mol. The number of rotatable bonds is 3. The van der Waals surface area contributed by atoms with E-state index in [9.17, 15) is 4.79 Å². The van der Waals surface area contributed by atoms with E-state index in [1.54, 1.807) is 0 Å². The minimum absolute atomic E-state index is 0.0579. The zero-order valence-electron chi connectivity index (χ0n) is 16.3. The van der Waals surface area contributed by atoms with Gasteiger partial charge in [-0.3, -0.25) is 9.89 Å². The smallest absolute Gasteiger partial charge is 0.235 e. The summed E-state index contributed by atoms with van der Waals surface area (Å²) >= 11 is 0. The molecule has 29 heavy (non-hydrogen) atoms. The Morgan fingerprint density at radius 3 is 2.66 bits per heavy atom. The third-order valence-corrected chi connectivity index (χ3v) is 5.89. The number of aromatic nitrogens is 2. The highest BCUT2D eigenvalue weighted by Crippen LogP contribution is 2.38. The molecule has 4 nitrogen and oxygen atoms in total. The molecule has 3 atom stereocenters. The van der Waals surface area contributed by atoms with E-state index in [0.717, 1.165) is 29.1 Å². The number of benzene rings is 2. The van der Waals surface area contributed by atoms with Crippen molar-refractivity contribution in [3.05, 3.63) is 96.2 Å². The van der Waals surface area contributed by atoms with Crippen LogP contribution in [0.1, 0.15) is 24.1 Å². The molecule has 1 N–H and O–H groups in total. The van der Waals surface area contributed by atoms with Crippen LogP contribution in [-0.2, 0) is 11.2 Å². The van der Waals surface area contributed by atoms with Crippen LogP contribution in [0, 0.1) is 5.92 Å². The van der Waals surface area contributed by atoms with Crippen LogP contribution in [0.3, 0.4) is 0 Å². The predicted octanol–water partition coefficient (Wildman–Crippen LogP) is 4.88. The number of hydrogen-bond donors (Lipinski definition) is 1. The van der Waals surface area contributed by atoms with Gasteiger partial charge >= 0.3 is 0 Å². The van der Waals surface area contributed by atoms with Crippen LogP contribution in [0.5, 0.6) is 0 Å². The van der Waals surface area contributed by atoms with Crippen molar-refractivity contribution in [2.75, 3.05) is 4.90 Å². The summed E-state index contributed by atoms with van der Waals surface area (Å²) in [5, 5.41) is 7.67. The second kappa shape index (κ2) is 7.21. The number of anilines is 1. The Hall–Kier alpha value is -3.40. The second-order valence-electron chi connectivity index (χ2n) is 7.79. The summed E-state index contributed by atoms with van der Waals surface area (Å²) in [6.07, 6.45) is 9.00. The largest absolute Gasteiger partial charge is 0.308 e. The average molecular weight is 381 g/mol. The van der Waals surface area contributed by atoms with Gasteiger partial charge in [-0.1, -0.05) is 72.8 Å². The van der Waals surface area contributed by atoms with E-state index in [-0.39, 0.29) is 23.8 Å². The summed E-state index contributed by atoms with van der Waals surface area (Å²) in [7, 11) is 0. The fourth-order valence-electron chi connectivity index (χ4n) is 4.47. The Bertz CT molecular complexity index is 1100. The van der Waals surface area contributed by atoms with Crippen LogP contribution in [0.15, 0.2) is 85.0 Å². The lowest BCUT2D eigenvalue weighted by Crippen LogP contribution is -2.41. The zero-order chi connectivity index (χ0) is 19.8. The zero-order valence-corrected chi connectivity index (χ0v) is 16.3. The Balaban J connectivity index is 1.46. The number of nitrogens with zero attached hydrogens (tertiary/aromatic N) is 2. The van der Waals surface area contributed by atoms with Gasteiger partial charge < -0.3 is 4.90 Å². The topological polar surface area (TPSA) is 49.0 Å². The molecule has 0 spiro atoms. The van der Waals surface area contributed by atoms with Gasteiger partial charge in [-0.15, -0.1) is 0 Å². The van der Waals surface area contributed by atoms with Crippen LogP contribution in [0.4, 0.5) is 5.69 Å². The van der Waals surface area contributed by atoms with Crippen molar-refractivity contribution in [3.63, 3.8) is 0 Å². The van der Waals surface area contributed by atoms with Crippen LogP contribution < -0.4 is 4.90 Å². The molecule has 5 rings (SSSR count). The van der Waals surface area contributed by atoms with Crippen LogP contribution in [0.25, 0.3) is 11.3 Å². The number of allylic oxidation sites excluding steroid dienone is 3. The molecule has 1 amide bonds. The van der Waals surface area contributed by atoms with Gasteiger partial charge in [0.15, 0.2) is 0 Å². The van der Waals surface area contributed by atoms with Crippen molar-refractivity contribution in [2.45, 2.75) is 25.3 Å². The SMILES string of the molecule is C[C@@H]1Cc2ccccc2N1C(=O)C1C=CC=CC1c1cc(-c2ccccc2)n[nH]1. The Morgan fingerprint density at radius 1 is 1.03 bits per heavy atom. The minimum atomic E-state index is -0.252. The fourth-order valence-corrected chi connectivity index (χ4v) is 4.47. The number of hydrogen-bond acceptors (Lipinski definition) is 2. The number of carbonyl (C=O) groups is 1. The summed E-state index contributed by atoms with van der Waals surface area (Å²) in [4.78, 5) is 15.6. The number of aromatic amines is 1. The second-order valence-corrected chi connectivity index (χ2v) is 7.79. The van der Waals surface area contributed by atoms with Gasteiger partial charge in [0.05, 0.1) is 11.6 Å². The van der Waals surface area contributed by atoms with E-state index >= 15 is 0 Å². The summed E-state index contributed by atoms with van der Waals surface area (Å²) < 4.78 is 0. The van der Waals surface area contributed by atoms with E-state index in [4.69, 9.17) is 0 Å². The monoisotopic (exact) mass is 381 g/mol. The number of amides is 1. The normalized spacial score (nSPS) is 22.7. The quantitative estimate of drug-likeness (QED) is 0.703. The molecule has 2 aliphatic rings. The van der Waals surface area contributed by atoms with E-state index in [1.165, 1.54) is 5.56 Å². The van der Waals surface area contributed by atoms with Crippen molar-refractivity contribution >= 4 is 11.6 Å². The van der Waals surface area contributed by atoms with Gasteiger partial charge in [-0.25, -0.2) is 0 Å². The average Bonchev–Trinajstić information content (AvgIpc) is 3.38. The third kappa shape index (κ3) is 3.11. The molecule has 3 aromatic rings. The number of nitrogens with one attached hydrogen (secondary N) is 1. The molecule has 4 heteroatoms. The molecule has 1 aromatic heterocycles. The molecule has 0 bridgehead atoms. The maximum Gasteiger partial charge on any atom is 0.235 e. The highest BCUT2D eigenvalue weighted by Gasteiger charge is 2.37. The molecule has 2 aromatic carbocycles. The van der Waals surface area contributed by atoms with Gasteiger partial charge in [0.1, 0.15) is 0 Å². The Labute approximate surface area is 170 Å². The Morgan fingerprint density at radius 2 is 1.79 bits per heavy atom. The molecule has 0 saturated carbocycles. The summed E-state index contributed by atoms with van der Waals surface area (Å²) in [5.74, 6) is -0.168. The molecular formula is C25H23N3O. The molecule has 1 aliphatic carbocycles. The first-order valence-electron chi connectivity index (χ1n) is 10.1. The first-order valence-corrected chi connectivity index (χ1v) is 10.1. The van der Waals surface area contributed by atoms with Gasteiger partial charge in [0.2, 0.25) is 5.91 Å². The van der Waals surface area contributed by atoms with Gasteiger partial charge in [0, 0.05) is 28.9 Å². The van der Waals surface area contributed by atoms with Gasteiger partial charge in [-0.05, 0) is 31.0 Å². The van der Waals surface area contributed by atoms with E-state index in [2.05, 4.69) is 41.4 Å². The van der Waals surface area contributed by atoms with Gasteiger partial charge in [0.25, 0.3) is 0 Å². The summed E-state index contributed by atoms with van der Waals surface area (Å²) in [6, 6.07) is 20.5. The molecule has 2 heterocycles. The van der Waals surface area contributed by atoms with E-state index in [0.29, 0.717) is 0 Å². The maximum atomic E-state index is 13.6. The first-order chi connectivity index (χ1) is 14.2. The van der Waals surface area contributed by atoms with Gasteiger partial charge in [-0.2, -0.15) is 5.10 Å². The van der Waals surface area contributed by atoms with Crippen LogP contribution in [0.2, 0.25) is 0 Å². The fraction of sp³-hybridized carbons (Fsp3) is 0.200. The minimum Gasteiger partial charge on any atom is -0.308 e. The molecule has 0 fully saturated rings. The lowest BCUT2D eigenvalue weighted by molar-refractivity contribution is -0.121. The number of carbonyl (C=O) groups excluding carboxylic acids is 1. The number of fused-ring (bicyclic) bond motifs is 1. The molecule has 2 unspecified atom stereocenters. The molecule has 0 radical (unpaired) electrons. The van der Waals surface area contributed by atoms with Crippen molar-refractivity contribution < 1.29 is 4.79 Å².